The lowest BCUT2D eigenvalue weighted by Gasteiger charge is -2.27. The van der Waals surface area contributed by atoms with Crippen LogP contribution in [-0.4, -0.2) is 9.79 Å². The van der Waals surface area contributed by atoms with Crippen molar-refractivity contribution >= 4 is 30.8 Å². The summed E-state index contributed by atoms with van der Waals surface area (Å²) in [5, 5.41) is 3.78. The second-order valence-electron chi connectivity index (χ2n) is 4.67. The Morgan fingerprint density at radius 1 is 1.14 bits per heavy atom. The molecule has 2 aromatic carbocycles. The summed E-state index contributed by atoms with van der Waals surface area (Å²) in [6, 6.07) is 9.53. The number of nitrogens with two attached hydrogens (primary N) is 1. The number of anilines is 2. The molecule has 110 valence electrons. The first-order chi connectivity index (χ1) is 9.83. The molecule has 0 amide bonds. The first-order valence-corrected chi connectivity index (χ1v) is 7.95. The van der Waals surface area contributed by atoms with E-state index in [1.54, 1.807) is 18.2 Å². The van der Waals surface area contributed by atoms with Crippen LogP contribution in [0.25, 0.3) is 0 Å². The summed E-state index contributed by atoms with van der Waals surface area (Å²) in [6.07, 6.45) is 0. The Kier molecular flexibility index (Phi) is 3.43. The second-order valence-corrected chi connectivity index (χ2v) is 6.27. The van der Waals surface area contributed by atoms with Gasteiger partial charge < -0.3 is 15.6 Å². The number of hydrogen-bond acceptors (Lipinski definition) is 4. The van der Waals surface area contributed by atoms with Crippen LogP contribution in [0, 0.1) is 0 Å². The van der Waals surface area contributed by atoms with Gasteiger partial charge in [-0.1, -0.05) is 17.7 Å². The molecule has 1 unspecified atom stereocenters. The van der Waals surface area contributed by atoms with Gasteiger partial charge in [0.1, 0.15) is 5.75 Å². The first kappa shape index (κ1) is 14.4. The molecule has 8 heteroatoms. The fraction of sp³-hybridized carbons (Fsp3) is 0.0769. The minimum Gasteiger partial charge on any atom is -0.404 e. The molecule has 0 saturated carbocycles. The van der Waals surface area contributed by atoms with Crippen LogP contribution in [0.4, 0.5) is 11.4 Å². The van der Waals surface area contributed by atoms with E-state index in [9.17, 15) is 4.57 Å². The van der Waals surface area contributed by atoms with Crippen molar-refractivity contribution in [2.45, 2.75) is 6.04 Å². The van der Waals surface area contributed by atoms with Crippen LogP contribution < -0.4 is 15.6 Å². The van der Waals surface area contributed by atoms with E-state index in [2.05, 4.69) is 9.84 Å². The lowest BCUT2D eigenvalue weighted by Crippen LogP contribution is -2.19. The molecule has 6 nitrogen and oxygen atoms in total. The molecule has 0 fully saturated rings. The summed E-state index contributed by atoms with van der Waals surface area (Å²) in [6.45, 7) is 0. The SMILES string of the molecule is NC1c2ccc(Cl)cc2Nc2ccc(OP(=O)(O)O)cc21. The van der Waals surface area contributed by atoms with Crippen molar-refractivity contribution in [3.05, 3.63) is 52.5 Å². The van der Waals surface area contributed by atoms with Crippen molar-refractivity contribution in [3.8, 4) is 5.75 Å². The standard InChI is InChI=1S/C13H12ClN2O4P/c14-7-1-3-9-12(5-7)16-11-4-2-8(20-21(17,18)19)6-10(11)13(9)15/h1-6,13,16H,15H2,(H2,17,18,19). The maximum absolute atomic E-state index is 10.9. The molecule has 0 aliphatic carbocycles. The Bertz CT molecular complexity index is 762. The average Bonchev–Trinajstić information content (AvgIpc) is 2.37. The number of rotatable bonds is 2. The number of nitrogens with one attached hydrogen (secondary N) is 1. The molecule has 0 saturated heterocycles. The Labute approximate surface area is 125 Å². The molecule has 1 aliphatic rings. The minimum atomic E-state index is -4.59. The zero-order valence-electron chi connectivity index (χ0n) is 10.7. The normalized spacial score (nSPS) is 16.7. The van der Waals surface area contributed by atoms with Gasteiger partial charge in [0, 0.05) is 22.0 Å². The zero-order valence-corrected chi connectivity index (χ0v) is 12.3. The third-order valence-electron chi connectivity index (χ3n) is 3.20. The predicted octanol–water partition coefficient (Wildman–Crippen LogP) is 2.92. The topological polar surface area (TPSA) is 105 Å². The number of phosphoric ester groups is 1. The monoisotopic (exact) mass is 326 g/mol. The largest absolute Gasteiger partial charge is 0.524 e. The number of halogens is 1. The highest BCUT2D eigenvalue weighted by atomic mass is 35.5. The van der Waals surface area contributed by atoms with E-state index in [-0.39, 0.29) is 5.75 Å². The molecular formula is C13H12ClN2O4P. The third kappa shape index (κ3) is 2.90. The third-order valence-corrected chi connectivity index (χ3v) is 3.89. The maximum atomic E-state index is 10.9. The number of fused-ring (bicyclic) bond motifs is 2. The van der Waals surface area contributed by atoms with Crippen LogP contribution in [0.5, 0.6) is 5.75 Å². The molecule has 0 aromatic heterocycles. The summed E-state index contributed by atoms with van der Waals surface area (Å²) >= 11 is 5.96. The molecule has 1 atom stereocenters. The highest BCUT2D eigenvalue weighted by Gasteiger charge is 2.24. The molecule has 0 bridgehead atoms. The summed E-state index contributed by atoms with van der Waals surface area (Å²) in [4.78, 5) is 17.7. The number of phosphoric acid groups is 1. The van der Waals surface area contributed by atoms with E-state index < -0.39 is 13.9 Å². The van der Waals surface area contributed by atoms with Gasteiger partial charge >= 0.3 is 7.82 Å². The van der Waals surface area contributed by atoms with Crippen molar-refractivity contribution in [1.29, 1.82) is 0 Å². The van der Waals surface area contributed by atoms with E-state index >= 15 is 0 Å². The van der Waals surface area contributed by atoms with Gasteiger partial charge in [0.15, 0.2) is 0 Å². The van der Waals surface area contributed by atoms with Gasteiger partial charge in [-0.3, -0.25) is 9.79 Å². The quantitative estimate of drug-likeness (QED) is 0.632. The predicted molar refractivity (Wildman–Crippen MR) is 79.9 cm³/mol. The van der Waals surface area contributed by atoms with Gasteiger partial charge in [-0.2, -0.15) is 0 Å². The minimum absolute atomic E-state index is 0.0664. The number of hydrogen-bond donors (Lipinski definition) is 4. The highest BCUT2D eigenvalue weighted by Crippen LogP contribution is 2.43. The van der Waals surface area contributed by atoms with E-state index in [4.69, 9.17) is 27.1 Å². The van der Waals surface area contributed by atoms with Crippen LogP contribution >= 0.6 is 19.4 Å². The first-order valence-electron chi connectivity index (χ1n) is 6.05. The molecule has 1 heterocycles. The van der Waals surface area contributed by atoms with Crippen LogP contribution in [0.2, 0.25) is 5.02 Å². The maximum Gasteiger partial charge on any atom is 0.524 e. The van der Waals surface area contributed by atoms with Gasteiger partial charge in [-0.15, -0.1) is 0 Å². The van der Waals surface area contributed by atoms with Gasteiger partial charge in [0.25, 0.3) is 0 Å². The Hall–Kier alpha value is -1.56. The average molecular weight is 327 g/mol. The Balaban J connectivity index is 2.02. The van der Waals surface area contributed by atoms with Gasteiger partial charge in [-0.05, 0) is 35.9 Å². The fourth-order valence-corrected chi connectivity index (χ4v) is 2.89. The van der Waals surface area contributed by atoms with Crippen molar-refractivity contribution < 1.29 is 18.9 Å². The molecule has 0 radical (unpaired) electrons. The molecule has 3 rings (SSSR count). The van der Waals surface area contributed by atoms with Crippen molar-refractivity contribution in [1.82, 2.24) is 0 Å². The summed E-state index contributed by atoms with van der Waals surface area (Å²) in [5.41, 5.74) is 9.30. The lowest BCUT2D eigenvalue weighted by molar-refractivity contribution is 0.283. The smallest absolute Gasteiger partial charge is 0.404 e. The Morgan fingerprint density at radius 3 is 2.62 bits per heavy atom. The lowest BCUT2D eigenvalue weighted by atomic mass is 9.92. The van der Waals surface area contributed by atoms with Crippen molar-refractivity contribution in [2.24, 2.45) is 5.73 Å². The van der Waals surface area contributed by atoms with Crippen LogP contribution in [0.1, 0.15) is 17.2 Å². The van der Waals surface area contributed by atoms with Crippen molar-refractivity contribution in [3.63, 3.8) is 0 Å². The van der Waals surface area contributed by atoms with Gasteiger partial charge in [-0.25, -0.2) is 4.57 Å². The number of benzene rings is 2. The molecule has 1 aliphatic heterocycles. The van der Waals surface area contributed by atoms with Crippen LogP contribution in [0.3, 0.4) is 0 Å². The van der Waals surface area contributed by atoms with E-state index in [0.717, 1.165) is 16.9 Å². The highest BCUT2D eigenvalue weighted by molar-refractivity contribution is 7.46. The van der Waals surface area contributed by atoms with E-state index in [1.807, 2.05) is 6.07 Å². The Morgan fingerprint density at radius 2 is 1.90 bits per heavy atom. The van der Waals surface area contributed by atoms with Crippen LogP contribution in [0.15, 0.2) is 36.4 Å². The fourth-order valence-electron chi connectivity index (χ4n) is 2.33. The van der Waals surface area contributed by atoms with Gasteiger partial charge in [0.05, 0.1) is 6.04 Å². The summed E-state index contributed by atoms with van der Waals surface area (Å²) < 4.78 is 15.5. The van der Waals surface area contributed by atoms with E-state index in [1.165, 1.54) is 12.1 Å². The van der Waals surface area contributed by atoms with E-state index in [0.29, 0.717) is 10.6 Å². The molecule has 21 heavy (non-hydrogen) atoms. The van der Waals surface area contributed by atoms with Crippen LogP contribution in [-0.2, 0) is 4.57 Å². The van der Waals surface area contributed by atoms with Gasteiger partial charge in [0.2, 0.25) is 0 Å². The molecule has 5 N–H and O–H groups in total. The molecular weight excluding hydrogens is 315 g/mol. The summed E-state index contributed by atoms with van der Waals surface area (Å²) in [5.74, 6) is 0.0664. The molecule has 0 spiro atoms. The summed E-state index contributed by atoms with van der Waals surface area (Å²) in [7, 11) is -4.59. The van der Waals surface area contributed by atoms with Crippen molar-refractivity contribution in [2.75, 3.05) is 5.32 Å². The second kappa shape index (κ2) is 5.02. The zero-order chi connectivity index (χ0) is 15.2. The molecule has 2 aromatic rings.